The number of benzene rings is 2. The summed E-state index contributed by atoms with van der Waals surface area (Å²) in [4.78, 5) is 17.1. The Bertz CT molecular complexity index is 1390. The van der Waals surface area contributed by atoms with Crippen molar-refractivity contribution in [2.24, 2.45) is 7.05 Å². The molecule has 2 aromatic carbocycles. The lowest BCUT2D eigenvalue weighted by Crippen LogP contribution is -2.28. The van der Waals surface area contributed by atoms with Crippen molar-refractivity contribution in [1.82, 2.24) is 14.1 Å². The van der Waals surface area contributed by atoms with Gasteiger partial charge in [-0.15, -0.1) is 0 Å². The van der Waals surface area contributed by atoms with Crippen LogP contribution in [0.15, 0.2) is 65.6 Å². The Kier molecular flexibility index (Phi) is 4.78. The smallest absolute Gasteiger partial charge is 0.318 e. The molecule has 33 heavy (non-hydrogen) atoms. The van der Waals surface area contributed by atoms with Gasteiger partial charge in [-0.3, -0.25) is 4.79 Å². The lowest BCUT2D eigenvalue weighted by molar-refractivity contribution is -0.160. The number of fused-ring (bicyclic) bond motifs is 1. The van der Waals surface area contributed by atoms with Crippen molar-refractivity contribution in [3.8, 4) is 11.4 Å². The predicted octanol–water partition coefficient (Wildman–Crippen LogP) is 5.91. The third-order valence-corrected chi connectivity index (χ3v) is 6.82. The van der Waals surface area contributed by atoms with E-state index in [2.05, 4.69) is 0 Å². The molecule has 0 radical (unpaired) electrons. The molecule has 0 spiro atoms. The predicted molar refractivity (Wildman–Crippen MR) is 122 cm³/mol. The van der Waals surface area contributed by atoms with Crippen molar-refractivity contribution in [3.05, 3.63) is 87.8 Å². The highest BCUT2D eigenvalue weighted by molar-refractivity contribution is 5.82. The number of pyridine rings is 1. The molecule has 0 saturated heterocycles. The lowest BCUT2D eigenvalue weighted by atomic mass is 9.95. The van der Waals surface area contributed by atoms with Crippen LogP contribution in [0.4, 0.5) is 13.2 Å². The minimum atomic E-state index is -4.28. The van der Waals surface area contributed by atoms with E-state index in [1.807, 2.05) is 41.8 Å². The van der Waals surface area contributed by atoms with Crippen LogP contribution in [0.2, 0.25) is 0 Å². The number of imidazole rings is 1. The molecular formula is C26H24F3N3O. The van der Waals surface area contributed by atoms with Gasteiger partial charge in [-0.05, 0) is 56.0 Å². The summed E-state index contributed by atoms with van der Waals surface area (Å²) in [6.45, 7) is 3.76. The second-order valence-corrected chi connectivity index (χ2v) is 9.00. The van der Waals surface area contributed by atoms with Crippen molar-refractivity contribution in [2.45, 2.75) is 44.3 Å². The summed E-state index contributed by atoms with van der Waals surface area (Å²) in [6.07, 6.45) is -2.34. The van der Waals surface area contributed by atoms with Crippen molar-refractivity contribution >= 4 is 11.0 Å². The van der Waals surface area contributed by atoms with Gasteiger partial charge in [-0.2, -0.15) is 13.2 Å². The van der Waals surface area contributed by atoms with Crippen LogP contribution in [0.1, 0.15) is 42.5 Å². The Morgan fingerprint density at radius 1 is 1.06 bits per heavy atom. The van der Waals surface area contributed by atoms with Gasteiger partial charge < -0.3 is 9.13 Å². The number of aromatic nitrogens is 3. The number of halogens is 3. The van der Waals surface area contributed by atoms with Gasteiger partial charge in [-0.1, -0.05) is 36.4 Å². The highest BCUT2D eigenvalue weighted by Gasteiger charge is 2.64. The summed E-state index contributed by atoms with van der Waals surface area (Å²) in [5.41, 5.74) is 2.04. The van der Waals surface area contributed by atoms with Gasteiger partial charge in [-0.25, -0.2) is 4.98 Å². The van der Waals surface area contributed by atoms with Crippen LogP contribution in [0, 0.1) is 6.92 Å². The van der Waals surface area contributed by atoms with Crippen LogP contribution in [-0.4, -0.2) is 20.3 Å². The van der Waals surface area contributed by atoms with Gasteiger partial charge in [0.05, 0.1) is 22.5 Å². The molecule has 1 fully saturated rings. The van der Waals surface area contributed by atoms with E-state index in [4.69, 9.17) is 4.98 Å². The van der Waals surface area contributed by atoms with Crippen LogP contribution >= 0.6 is 0 Å². The van der Waals surface area contributed by atoms with Crippen LogP contribution in [0.25, 0.3) is 22.4 Å². The van der Waals surface area contributed by atoms with Crippen molar-refractivity contribution in [1.29, 1.82) is 0 Å². The minimum absolute atomic E-state index is 0.0966. The number of nitrogens with zero attached hydrogens (tertiary/aromatic N) is 3. The molecule has 4 nitrogen and oxygen atoms in total. The SMILES string of the molecule is Cc1cc(-c2nc3ccc(C4(C(F)(F)F)CC4)cc3n2C(C)c2ccccc2)cn(C)c1=O. The molecule has 2 aromatic heterocycles. The van der Waals surface area contributed by atoms with E-state index in [1.165, 1.54) is 4.57 Å². The standard InChI is InChI=1S/C26H24F3N3O/c1-16-13-19(15-31(3)24(16)33)23-30-21-10-9-20(25(11-12-25)26(27,28)29)14-22(21)32(23)17(2)18-7-5-4-6-8-18/h4-10,13-15,17H,11-12H2,1-3H3. The summed E-state index contributed by atoms with van der Waals surface area (Å²) in [6, 6.07) is 16.3. The molecule has 5 rings (SSSR count). The van der Waals surface area contributed by atoms with E-state index >= 15 is 0 Å². The minimum Gasteiger partial charge on any atom is -0.318 e. The van der Waals surface area contributed by atoms with Crippen LogP contribution in [0.3, 0.4) is 0 Å². The highest BCUT2D eigenvalue weighted by Crippen LogP contribution is 2.59. The van der Waals surface area contributed by atoms with Crippen LogP contribution in [-0.2, 0) is 12.5 Å². The second-order valence-electron chi connectivity index (χ2n) is 9.00. The summed E-state index contributed by atoms with van der Waals surface area (Å²) in [7, 11) is 1.69. The monoisotopic (exact) mass is 451 g/mol. The fraction of sp³-hybridized carbons (Fsp3) is 0.308. The summed E-state index contributed by atoms with van der Waals surface area (Å²) in [5, 5.41) is 0. The number of hydrogen-bond donors (Lipinski definition) is 0. The molecule has 170 valence electrons. The Morgan fingerprint density at radius 2 is 1.76 bits per heavy atom. The van der Waals surface area contributed by atoms with Crippen molar-refractivity contribution < 1.29 is 13.2 Å². The second kappa shape index (κ2) is 7.33. The van der Waals surface area contributed by atoms with Gasteiger partial charge in [0.15, 0.2) is 0 Å². The lowest BCUT2D eigenvalue weighted by Gasteiger charge is -2.21. The molecule has 0 bridgehead atoms. The van der Waals surface area contributed by atoms with E-state index in [1.54, 1.807) is 44.4 Å². The van der Waals surface area contributed by atoms with Crippen molar-refractivity contribution in [3.63, 3.8) is 0 Å². The Hall–Kier alpha value is -3.35. The molecule has 1 atom stereocenters. The molecule has 1 saturated carbocycles. The third-order valence-electron chi connectivity index (χ3n) is 6.82. The van der Waals surface area contributed by atoms with E-state index in [0.29, 0.717) is 22.4 Å². The van der Waals surface area contributed by atoms with Gasteiger partial charge in [0, 0.05) is 24.4 Å². The quantitative estimate of drug-likeness (QED) is 0.387. The zero-order valence-electron chi connectivity index (χ0n) is 18.6. The number of aryl methyl sites for hydroxylation is 2. The molecule has 0 N–H and O–H groups in total. The van der Waals surface area contributed by atoms with Gasteiger partial charge in [0.2, 0.25) is 0 Å². The fourth-order valence-corrected chi connectivity index (χ4v) is 4.73. The molecule has 1 unspecified atom stereocenters. The first-order chi connectivity index (χ1) is 15.6. The summed E-state index contributed by atoms with van der Waals surface area (Å²) < 4.78 is 45.0. The maximum absolute atomic E-state index is 13.8. The molecule has 0 amide bonds. The number of alkyl halides is 3. The van der Waals surface area contributed by atoms with E-state index in [0.717, 1.165) is 11.1 Å². The van der Waals surface area contributed by atoms with Gasteiger partial charge >= 0.3 is 6.18 Å². The van der Waals surface area contributed by atoms with Gasteiger partial charge in [0.1, 0.15) is 5.82 Å². The Balaban J connectivity index is 1.78. The Morgan fingerprint density at radius 3 is 2.36 bits per heavy atom. The van der Waals surface area contributed by atoms with E-state index in [-0.39, 0.29) is 30.0 Å². The highest BCUT2D eigenvalue weighted by atomic mass is 19.4. The zero-order chi connectivity index (χ0) is 23.5. The largest absolute Gasteiger partial charge is 0.398 e. The van der Waals surface area contributed by atoms with E-state index < -0.39 is 11.6 Å². The third kappa shape index (κ3) is 3.37. The summed E-state index contributed by atoms with van der Waals surface area (Å²) >= 11 is 0. The average molecular weight is 451 g/mol. The van der Waals surface area contributed by atoms with Crippen molar-refractivity contribution in [2.75, 3.05) is 0 Å². The molecule has 4 aromatic rings. The molecule has 1 aliphatic rings. The normalized spacial score (nSPS) is 16.2. The zero-order valence-corrected chi connectivity index (χ0v) is 18.6. The maximum Gasteiger partial charge on any atom is 0.398 e. The fourth-order valence-electron chi connectivity index (χ4n) is 4.73. The van der Waals surface area contributed by atoms with Crippen LogP contribution in [0.5, 0.6) is 0 Å². The Labute approximate surface area is 189 Å². The van der Waals surface area contributed by atoms with Gasteiger partial charge in [0.25, 0.3) is 5.56 Å². The first-order valence-electron chi connectivity index (χ1n) is 10.9. The number of hydrogen-bond acceptors (Lipinski definition) is 2. The summed E-state index contributed by atoms with van der Waals surface area (Å²) in [5.74, 6) is 0.619. The topological polar surface area (TPSA) is 39.8 Å². The molecular weight excluding hydrogens is 427 g/mol. The van der Waals surface area contributed by atoms with Crippen LogP contribution < -0.4 is 5.56 Å². The van der Waals surface area contributed by atoms with E-state index in [9.17, 15) is 18.0 Å². The molecule has 0 aliphatic heterocycles. The first-order valence-corrected chi connectivity index (χ1v) is 10.9. The number of rotatable bonds is 4. The maximum atomic E-state index is 13.8. The molecule has 7 heteroatoms. The first kappa shape index (κ1) is 21.5. The average Bonchev–Trinajstić information content (AvgIpc) is 3.53. The molecule has 2 heterocycles. The molecule has 1 aliphatic carbocycles.